The minimum Gasteiger partial charge on any atom is -0.392 e. The Bertz CT molecular complexity index is 808. The molecule has 0 saturated carbocycles. The van der Waals surface area contributed by atoms with Crippen LogP contribution >= 0.6 is 15.9 Å². The summed E-state index contributed by atoms with van der Waals surface area (Å²) in [6.07, 6.45) is 2.22. The number of aliphatic hydroxyl groups is 1. The van der Waals surface area contributed by atoms with Crippen molar-refractivity contribution in [3.8, 4) is 0 Å². The molecule has 126 valence electrons. The van der Waals surface area contributed by atoms with Crippen LogP contribution in [0.25, 0.3) is 10.9 Å². The number of rotatable bonds is 7. The van der Waals surface area contributed by atoms with Crippen molar-refractivity contribution in [2.45, 2.75) is 39.5 Å². The van der Waals surface area contributed by atoms with E-state index in [0.29, 0.717) is 0 Å². The molecule has 1 heterocycles. The number of fused-ring (bicyclic) bond motifs is 1. The van der Waals surface area contributed by atoms with Crippen molar-refractivity contribution in [2.24, 2.45) is 0 Å². The molecule has 0 spiro atoms. The lowest BCUT2D eigenvalue weighted by atomic mass is 10.1. The highest BCUT2D eigenvalue weighted by molar-refractivity contribution is 9.10. The van der Waals surface area contributed by atoms with Crippen LogP contribution < -0.4 is 5.32 Å². The van der Waals surface area contributed by atoms with Crippen LogP contribution in [0.1, 0.15) is 35.7 Å². The summed E-state index contributed by atoms with van der Waals surface area (Å²) in [4.78, 5) is 3.56. The van der Waals surface area contributed by atoms with Gasteiger partial charge in [0.1, 0.15) is 0 Å². The van der Waals surface area contributed by atoms with Crippen molar-refractivity contribution in [1.29, 1.82) is 0 Å². The fraction of sp³-hybridized carbons (Fsp3) is 0.300. The van der Waals surface area contributed by atoms with E-state index in [4.69, 9.17) is 5.11 Å². The molecule has 24 heavy (non-hydrogen) atoms. The maximum atomic E-state index is 9.10. The van der Waals surface area contributed by atoms with E-state index in [0.717, 1.165) is 36.0 Å². The van der Waals surface area contributed by atoms with Gasteiger partial charge >= 0.3 is 0 Å². The third kappa shape index (κ3) is 3.89. The van der Waals surface area contributed by atoms with Crippen molar-refractivity contribution < 1.29 is 5.11 Å². The second kappa shape index (κ2) is 7.97. The maximum Gasteiger partial charge on any atom is 0.0681 e. The first-order chi connectivity index (χ1) is 11.7. The van der Waals surface area contributed by atoms with Gasteiger partial charge in [-0.1, -0.05) is 53.5 Å². The SMILES string of the molecule is CCCc1c(CNCc2ccc(CO)cc2)[nH]c2ccc(Br)cc12. The normalized spacial score (nSPS) is 11.3. The fourth-order valence-electron chi connectivity index (χ4n) is 3.06. The lowest BCUT2D eigenvalue weighted by molar-refractivity contribution is 0.282. The van der Waals surface area contributed by atoms with E-state index in [1.54, 1.807) is 0 Å². The Kier molecular flexibility index (Phi) is 5.72. The number of benzene rings is 2. The number of aryl methyl sites for hydroxylation is 1. The van der Waals surface area contributed by atoms with Gasteiger partial charge < -0.3 is 15.4 Å². The summed E-state index contributed by atoms with van der Waals surface area (Å²) in [5, 5.41) is 13.9. The minimum absolute atomic E-state index is 0.0959. The maximum absolute atomic E-state index is 9.10. The molecule has 2 aromatic carbocycles. The van der Waals surface area contributed by atoms with E-state index in [9.17, 15) is 0 Å². The second-order valence-electron chi connectivity index (χ2n) is 6.10. The molecule has 0 atom stereocenters. The molecular weight excluding hydrogens is 364 g/mol. The van der Waals surface area contributed by atoms with Gasteiger partial charge in [0.25, 0.3) is 0 Å². The zero-order chi connectivity index (χ0) is 16.9. The zero-order valence-corrected chi connectivity index (χ0v) is 15.5. The summed E-state index contributed by atoms with van der Waals surface area (Å²) < 4.78 is 1.12. The predicted molar refractivity (Wildman–Crippen MR) is 103 cm³/mol. The molecule has 0 saturated heterocycles. The monoisotopic (exact) mass is 386 g/mol. The zero-order valence-electron chi connectivity index (χ0n) is 13.9. The summed E-state index contributed by atoms with van der Waals surface area (Å²) in [7, 11) is 0. The van der Waals surface area contributed by atoms with Crippen LogP contribution in [-0.2, 0) is 26.1 Å². The molecule has 3 aromatic rings. The Balaban J connectivity index is 1.72. The Morgan fingerprint density at radius 3 is 2.50 bits per heavy atom. The fourth-order valence-corrected chi connectivity index (χ4v) is 3.42. The topological polar surface area (TPSA) is 48.0 Å². The summed E-state index contributed by atoms with van der Waals surface area (Å²) in [6, 6.07) is 14.5. The molecule has 1 aromatic heterocycles. The Hall–Kier alpha value is -1.62. The molecule has 3 rings (SSSR count). The lowest BCUT2D eigenvalue weighted by Gasteiger charge is -2.07. The van der Waals surface area contributed by atoms with E-state index in [2.05, 4.69) is 63.5 Å². The Morgan fingerprint density at radius 2 is 1.79 bits per heavy atom. The first-order valence-corrected chi connectivity index (χ1v) is 9.19. The first kappa shape index (κ1) is 17.2. The van der Waals surface area contributed by atoms with E-state index < -0.39 is 0 Å². The number of aromatic nitrogens is 1. The number of aliphatic hydroxyl groups excluding tert-OH is 1. The van der Waals surface area contributed by atoms with Crippen molar-refractivity contribution in [3.63, 3.8) is 0 Å². The molecule has 0 aliphatic heterocycles. The number of nitrogens with one attached hydrogen (secondary N) is 2. The molecular formula is C20H23BrN2O. The standard InChI is InChI=1S/C20H23BrN2O/c1-2-3-17-18-10-16(21)8-9-19(18)23-20(17)12-22-11-14-4-6-15(13-24)7-5-14/h4-10,22-24H,2-3,11-13H2,1H3. The van der Waals surface area contributed by atoms with Gasteiger partial charge in [-0.2, -0.15) is 0 Å². The van der Waals surface area contributed by atoms with E-state index in [-0.39, 0.29) is 6.61 Å². The van der Waals surface area contributed by atoms with Crippen molar-refractivity contribution in [2.75, 3.05) is 0 Å². The van der Waals surface area contributed by atoms with Gasteiger partial charge in [-0.05, 0) is 41.3 Å². The molecule has 4 heteroatoms. The Labute approximate surface area is 151 Å². The lowest BCUT2D eigenvalue weighted by Crippen LogP contribution is -2.14. The quantitative estimate of drug-likeness (QED) is 0.552. The smallest absolute Gasteiger partial charge is 0.0681 e. The molecule has 0 radical (unpaired) electrons. The van der Waals surface area contributed by atoms with Crippen LogP contribution in [-0.4, -0.2) is 10.1 Å². The molecule has 0 fully saturated rings. The molecule has 3 N–H and O–H groups in total. The highest BCUT2D eigenvalue weighted by Crippen LogP contribution is 2.27. The highest BCUT2D eigenvalue weighted by Gasteiger charge is 2.11. The minimum atomic E-state index is 0.0959. The number of hydrogen-bond acceptors (Lipinski definition) is 2. The van der Waals surface area contributed by atoms with E-state index >= 15 is 0 Å². The summed E-state index contributed by atoms with van der Waals surface area (Å²) in [6.45, 7) is 3.95. The van der Waals surface area contributed by atoms with E-state index in [1.165, 1.54) is 27.7 Å². The van der Waals surface area contributed by atoms with Gasteiger partial charge in [-0.25, -0.2) is 0 Å². The van der Waals surface area contributed by atoms with Gasteiger partial charge in [-0.15, -0.1) is 0 Å². The summed E-state index contributed by atoms with van der Waals surface area (Å²) >= 11 is 3.57. The largest absolute Gasteiger partial charge is 0.392 e. The van der Waals surface area contributed by atoms with Gasteiger partial charge in [0.05, 0.1) is 6.61 Å². The number of aromatic amines is 1. The van der Waals surface area contributed by atoms with Crippen LogP contribution in [0.5, 0.6) is 0 Å². The highest BCUT2D eigenvalue weighted by atomic mass is 79.9. The van der Waals surface area contributed by atoms with Crippen LogP contribution in [0.4, 0.5) is 0 Å². The molecule has 0 aliphatic rings. The van der Waals surface area contributed by atoms with Crippen molar-refractivity contribution in [1.82, 2.24) is 10.3 Å². The van der Waals surface area contributed by atoms with Crippen molar-refractivity contribution >= 4 is 26.8 Å². The molecule has 0 amide bonds. The van der Waals surface area contributed by atoms with Crippen LogP contribution in [0, 0.1) is 0 Å². The van der Waals surface area contributed by atoms with Gasteiger partial charge in [0.15, 0.2) is 0 Å². The summed E-state index contributed by atoms with van der Waals surface area (Å²) in [5.41, 5.74) is 6.06. The second-order valence-corrected chi connectivity index (χ2v) is 7.02. The molecule has 0 bridgehead atoms. The third-order valence-corrected chi connectivity index (χ3v) is 4.79. The first-order valence-electron chi connectivity index (χ1n) is 8.39. The summed E-state index contributed by atoms with van der Waals surface area (Å²) in [5.74, 6) is 0. The number of halogens is 1. The van der Waals surface area contributed by atoms with E-state index in [1.807, 2.05) is 12.1 Å². The van der Waals surface area contributed by atoms with Gasteiger partial charge in [-0.3, -0.25) is 0 Å². The van der Waals surface area contributed by atoms with Gasteiger partial charge in [0, 0.05) is 34.2 Å². The number of hydrogen-bond donors (Lipinski definition) is 3. The van der Waals surface area contributed by atoms with Crippen LogP contribution in [0.2, 0.25) is 0 Å². The molecule has 0 aliphatic carbocycles. The molecule has 3 nitrogen and oxygen atoms in total. The van der Waals surface area contributed by atoms with Crippen molar-refractivity contribution in [3.05, 3.63) is 69.3 Å². The van der Waals surface area contributed by atoms with Crippen LogP contribution in [0.15, 0.2) is 46.9 Å². The van der Waals surface area contributed by atoms with Crippen LogP contribution in [0.3, 0.4) is 0 Å². The molecule has 0 unspecified atom stereocenters. The third-order valence-electron chi connectivity index (χ3n) is 4.29. The average Bonchev–Trinajstić information content (AvgIpc) is 2.93. The Morgan fingerprint density at radius 1 is 1.04 bits per heavy atom. The average molecular weight is 387 g/mol. The number of H-pyrrole nitrogens is 1. The predicted octanol–water partition coefficient (Wildman–Crippen LogP) is 4.67. The van der Waals surface area contributed by atoms with Gasteiger partial charge in [0.2, 0.25) is 0 Å².